The Morgan fingerprint density at radius 1 is 0.655 bits per heavy atom. The number of nitrogens with zero attached hydrogens (tertiary/aromatic N) is 1. The maximum atomic E-state index is 12.7. The van der Waals surface area contributed by atoms with Crippen LogP contribution < -0.4 is 21.7 Å². The second-order valence-electron chi connectivity index (χ2n) is 16.5. The van der Waals surface area contributed by atoms with Gasteiger partial charge in [-0.25, -0.2) is 0 Å². The van der Waals surface area contributed by atoms with E-state index in [4.69, 9.17) is 30.0 Å². The lowest BCUT2D eigenvalue weighted by molar-refractivity contribution is -0.870. The van der Waals surface area contributed by atoms with Gasteiger partial charge in [0.2, 0.25) is 11.8 Å². The van der Waals surface area contributed by atoms with Crippen LogP contribution in [0.4, 0.5) is 0 Å². The zero-order valence-corrected chi connectivity index (χ0v) is 37.5. The highest BCUT2D eigenvalue weighted by atomic mass is 31.2. The smallest absolute Gasteiger partial charge is 0.306 e. The van der Waals surface area contributed by atoms with E-state index in [1.54, 1.807) is 0 Å². The molecule has 0 aliphatic heterocycles. The molecule has 0 aromatic carbocycles. The number of unbranched alkanes of at least 4 members (excludes halogenated alkanes) is 18. The van der Waals surface area contributed by atoms with Gasteiger partial charge in [-0.3, -0.25) is 28.5 Å². The molecule has 340 valence electrons. The van der Waals surface area contributed by atoms with Gasteiger partial charge in [0.1, 0.15) is 31.6 Å². The Balaban J connectivity index is 4.46. The van der Waals surface area contributed by atoms with Gasteiger partial charge in [0.25, 0.3) is 7.82 Å². The van der Waals surface area contributed by atoms with Crippen molar-refractivity contribution in [1.82, 2.24) is 5.32 Å². The summed E-state index contributed by atoms with van der Waals surface area (Å²) in [5.41, 5.74) is 10.6. The van der Waals surface area contributed by atoms with E-state index in [1.807, 2.05) is 21.1 Å². The first kappa shape index (κ1) is 55.6. The lowest BCUT2D eigenvalue weighted by Gasteiger charge is -2.28. The Kier molecular flexibility index (Phi) is 33.9. The van der Waals surface area contributed by atoms with Gasteiger partial charge in [0.05, 0.1) is 34.3 Å². The molecule has 0 aliphatic carbocycles. The average Bonchev–Trinajstić information content (AvgIpc) is 3.15. The van der Waals surface area contributed by atoms with Gasteiger partial charge in [0.15, 0.2) is 6.10 Å². The first-order valence-corrected chi connectivity index (χ1v) is 23.6. The molecule has 0 rings (SSSR count). The summed E-state index contributed by atoms with van der Waals surface area (Å²) in [6, 6.07) is -0.760. The molecule has 5 N–H and O–H groups in total. The number of phosphoric acid groups is 1. The summed E-state index contributed by atoms with van der Waals surface area (Å²) in [4.78, 5) is 72.7. The lowest BCUT2D eigenvalue weighted by atomic mass is 10.0. The fourth-order valence-corrected chi connectivity index (χ4v) is 6.91. The number of amides is 2. The number of likely N-dealkylation sites (N-methyl/N-ethyl adjacent to an activating group) is 1. The molecule has 0 spiro atoms. The van der Waals surface area contributed by atoms with Crippen molar-refractivity contribution in [2.24, 2.45) is 11.5 Å². The molecule has 0 aromatic rings. The molecule has 0 saturated carbocycles. The molecule has 0 fully saturated rings. The first-order valence-electron chi connectivity index (χ1n) is 22.1. The number of phosphoric ester groups is 1. The van der Waals surface area contributed by atoms with Crippen molar-refractivity contribution in [1.29, 1.82) is 0 Å². The summed E-state index contributed by atoms with van der Waals surface area (Å²) >= 11 is 0. The van der Waals surface area contributed by atoms with E-state index in [0.717, 1.165) is 51.4 Å². The quantitative estimate of drug-likeness (QED) is 0.0266. The van der Waals surface area contributed by atoms with Crippen molar-refractivity contribution < 1.29 is 56.4 Å². The topological polar surface area (TPSA) is 226 Å². The van der Waals surface area contributed by atoms with Crippen molar-refractivity contribution in [3.05, 3.63) is 0 Å². The van der Waals surface area contributed by atoms with Crippen LogP contribution in [0.15, 0.2) is 0 Å². The lowest BCUT2D eigenvalue weighted by Crippen LogP contribution is -2.46. The minimum atomic E-state index is -4.68. The SMILES string of the molecule is CCCCCCCCCCCCCCCC(=O)OC[C@H](COP(=O)([O-])OCC[N+](C)(C)C)OC(=O)CCCCCCCC(=O)CCCCCC(NC(=O)CN)C(N)=O. The van der Waals surface area contributed by atoms with Crippen molar-refractivity contribution in [2.45, 2.75) is 186 Å². The molecule has 0 bridgehead atoms. The molecule has 0 aliphatic rings. The van der Waals surface area contributed by atoms with Crippen LogP contribution in [0.25, 0.3) is 0 Å². The van der Waals surface area contributed by atoms with Gasteiger partial charge in [-0.1, -0.05) is 116 Å². The largest absolute Gasteiger partial charge is 0.756 e. The standard InChI is InChI=1S/C42H81N4O11P/c1-5-6-7-8-9-10-11-12-13-14-15-18-24-29-40(49)54-34-37(35-56-58(52,53)55-32-31-46(2,3)4)57-41(50)30-25-19-16-17-21-26-36(47)27-22-20-23-28-38(42(44)51)45-39(48)33-43/h37-38H,5-35,43H2,1-4H3,(H3-,44,45,48,51,52,53)/t37-,38?/m1/s1. The van der Waals surface area contributed by atoms with Gasteiger partial charge < -0.3 is 44.7 Å². The van der Waals surface area contributed by atoms with Crippen molar-refractivity contribution in [3.8, 4) is 0 Å². The van der Waals surface area contributed by atoms with Gasteiger partial charge in [-0.15, -0.1) is 0 Å². The number of primary amides is 1. The van der Waals surface area contributed by atoms with Crippen molar-refractivity contribution in [3.63, 3.8) is 0 Å². The zero-order chi connectivity index (χ0) is 43.5. The van der Waals surface area contributed by atoms with Crippen molar-refractivity contribution >= 4 is 37.4 Å². The van der Waals surface area contributed by atoms with E-state index in [9.17, 15) is 33.4 Å². The highest BCUT2D eigenvalue weighted by Crippen LogP contribution is 2.38. The Labute approximate surface area is 350 Å². The second-order valence-corrected chi connectivity index (χ2v) is 17.9. The second kappa shape index (κ2) is 35.3. The summed E-state index contributed by atoms with van der Waals surface area (Å²) in [7, 11) is 1.02. The van der Waals surface area contributed by atoms with E-state index in [2.05, 4.69) is 12.2 Å². The number of quaternary nitrogens is 1. The van der Waals surface area contributed by atoms with E-state index >= 15 is 0 Å². The molecule has 2 unspecified atom stereocenters. The molecule has 0 radical (unpaired) electrons. The molecule has 58 heavy (non-hydrogen) atoms. The molecule has 15 nitrogen and oxygen atoms in total. The van der Waals surface area contributed by atoms with Crippen LogP contribution in [0.5, 0.6) is 0 Å². The number of Topliss-reactive ketones (excluding diaryl/α,β-unsaturated/α-hetero) is 1. The predicted molar refractivity (Wildman–Crippen MR) is 224 cm³/mol. The molecule has 0 aromatic heterocycles. The molecule has 3 atom stereocenters. The Hall–Kier alpha value is -2.42. The van der Waals surface area contributed by atoms with Crippen molar-refractivity contribution in [2.75, 3.05) is 54.1 Å². The highest BCUT2D eigenvalue weighted by molar-refractivity contribution is 7.45. The average molecular weight is 849 g/mol. The minimum absolute atomic E-state index is 0.0732. The Bertz CT molecular complexity index is 1170. The number of ether oxygens (including phenoxy) is 2. The van der Waals surface area contributed by atoms with Crippen LogP contribution in [0.3, 0.4) is 0 Å². The molecular formula is C42H81N4O11P. The van der Waals surface area contributed by atoms with Gasteiger partial charge in [-0.05, 0) is 32.1 Å². The summed E-state index contributed by atoms with van der Waals surface area (Å²) in [6.07, 6.45) is 21.9. The maximum Gasteiger partial charge on any atom is 0.306 e. The van der Waals surface area contributed by atoms with E-state index < -0.39 is 50.3 Å². The number of hydrogen-bond donors (Lipinski definition) is 3. The third kappa shape index (κ3) is 36.6. The van der Waals surface area contributed by atoms with E-state index in [-0.39, 0.29) is 38.4 Å². The van der Waals surface area contributed by atoms with E-state index in [0.29, 0.717) is 56.0 Å². The minimum Gasteiger partial charge on any atom is -0.756 e. The number of rotatable bonds is 41. The number of nitrogens with two attached hydrogens (primary N) is 2. The fraction of sp³-hybridized carbons (Fsp3) is 0.881. The summed E-state index contributed by atoms with van der Waals surface area (Å²) in [6.45, 7) is 1.52. The monoisotopic (exact) mass is 849 g/mol. The summed E-state index contributed by atoms with van der Waals surface area (Å²) in [5.74, 6) is -1.86. The number of carbonyl (C=O) groups excluding carboxylic acids is 5. The summed E-state index contributed by atoms with van der Waals surface area (Å²) < 4.78 is 33.7. The third-order valence-electron chi connectivity index (χ3n) is 9.79. The molecule has 16 heteroatoms. The zero-order valence-electron chi connectivity index (χ0n) is 36.6. The van der Waals surface area contributed by atoms with Gasteiger partial charge >= 0.3 is 11.9 Å². The molecular weight excluding hydrogens is 767 g/mol. The fourth-order valence-electron chi connectivity index (χ4n) is 6.18. The van der Waals surface area contributed by atoms with E-state index in [1.165, 1.54) is 57.8 Å². The predicted octanol–water partition coefficient (Wildman–Crippen LogP) is 6.31. The van der Waals surface area contributed by atoms with Crippen LogP contribution in [0.1, 0.15) is 174 Å². The number of carbonyl (C=O) groups is 5. The first-order chi connectivity index (χ1) is 27.6. The molecule has 0 heterocycles. The number of hydrogen-bond acceptors (Lipinski definition) is 12. The van der Waals surface area contributed by atoms with Gasteiger partial charge in [0, 0.05) is 25.7 Å². The molecule has 2 amide bonds. The van der Waals surface area contributed by atoms with Crippen LogP contribution in [0.2, 0.25) is 0 Å². The van der Waals surface area contributed by atoms with Crippen LogP contribution >= 0.6 is 7.82 Å². The number of esters is 2. The van der Waals surface area contributed by atoms with Gasteiger partial charge in [-0.2, -0.15) is 0 Å². The summed E-state index contributed by atoms with van der Waals surface area (Å²) in [5, 5.41) is 2.50. The third-order valence-corrected chi connectivity index (χ3v) is 10.8. The maximum absolute atomic E-state index is 12.7. The number of nitrogens with one attached hydrogen (secondary N) is 1. The van der Waals surface area contributed by atoms with Crippen LogP contribution in [-0.4, -0.2) is 100 Å². The normalized spacial score (nSPS) is 13.7. The Morgan fingerprint density at radius 3 is 1.60 bits per heavy atom. The number of ketones is 1. The van der Waals surface area contributed by atoms with Crippen LogP contribution in [0, 0.1) is 0 Å². The Morgan fingerprint density at radius 2 is 1.12 bits per heavy atom. The molecule has 0 saturated heterocycles. The van der Waals surface area contributed by atoms with Crippen LogP contribution in [-0.2, 0) is 47.1 Å². The highest BCUT2D eigenvalue weighted by Gasteiger charge is 2.22.